The second kappa shape index (κ2) is 6.15. The van der Waals surface area contributed by atoms with Crippen LogP contribution in [0.1, 0.15) is 44.9 Å². The molecule has 1 aliphatic carbocycles. The summed E-state index contributed by atoms with van der Waals surface area (Å²) in [7, 11) is 0. The molecule has 0 aromatic heterocycles. The van der Waals surface area contributed by atoms with Gasteiger partial charge in [-0.2, -0.15) is 0 Å². The highest BCUT2D eigenvalue weighted by Gasteiger charge is 2.46. The first-order chi connectivity index (χ1) is 7.21. The lowest BCUT2D eigenvalue weighted by Gasteiger charge is -2.37. The molecule has 2 fully saturated rings. The molecular weight excluding hydrogens is 232 g/mol. The predicted octanol–water partition coefficient (Wildman–Crippen LogP) is 3.62. The van der Waals surface area contributed by atoms with Gasteiger partial charge in [0.15, 0.2) is 0 Å². The molecule has 4 heteroatoms. The SMILES string of the molecule is Cl.FC(F)(C1CCCCC1)C1CCNCC1. The minimum Gasteiger partial charge on any atom is -0.317 e. The van der Waals surface area contributed by atoms with Crippen molar-refractivity contribution in [2.45, 2.75) is 50.9 Å². The molecule has 1 nitrogen and oxygen atoms in total. The summed E-state index contributed by atoms with van der Waals surface area (Å²) in [6.45, 7) is 1.54. The molecule has 1 aliphatic heterocycles. The molecule has 16 heavy (non-hydrogen) atoms. The van der Waals surface area contributed by atoms with Crippen LogP contribution < -0.4 is 5.32 Å². The molecule has 0 bridgehead atoms. The Hall–Kier alpha value is 0.110. The molecule has 0 atom stereocenters. The van der Waals surface area contributed by atoms with Crippen LogP contribution in [-0.4, -0.2) is 19.0 Å². The Balaban J connectivity index is 0.00000128. The lowest BCUT2D eigenvalue weighted by atomic mass is 9.77. The Kier molecular flexibility index (Phi) is 5.45. The minimum absolute atomic E-state index is 0. The van der Waals surface area contributed by atoms with Gasteiger partial charge in [-0.1, -0.05) is 19.3 Å². The van der Waals surface area contributed by atoms with Crippen molar-refractivity contribution in [3.8, 4) is 0 Å². The third-order valence-corrected chi connectivity index (χ3v) is 4.03. The molecule has 0 radical (unpaired) electrons. The van der Waals surface area contributed by atoms with Crippen LogP contribution in [0.5, 0.6) is 0 Å². The van der Waals surface area contributed by atoms with E-state index in [1.165, 1.54) is 0 Å². The maximum absolute atomic E-state index is 14.2. The highest BCUT2D eigenvalue weighted by Crippen LogP contribution is 2.44. The van der Waals surface area contributed by atoms with Gasteiger partial charge in [0.2, 0.25) is 0 Å². The van der Waals surface area contributed by atoms with E-state index in [1.807, 2.05) is 0 Å². The number of alkyl halides is 2. The fraction of sp³-hybridized carbons (Fsp3) is 1.00. The van der Waals surface area contributed by atoms with E-state index in [0.29, 0.717) is 12.8 Å². The van der Waals surface area contributed by atoms with Crippen molar-refractivity contribution in [1.29, 1.82) is 0 Å². The Morgan fingerprint density at radius 3 is 1.88 bits per heavy atom. The van der Waals surface area contributed by atoms with Gasteiger partial charge in [0.05, 0.1) is 0 Å². The van der Waals surface area contributed by atoms with Crippen LogP contribution in [0.3, 0.4) is 0 Å². The molecule has 2 aliphatic rings. The standard InChI is InChI=1S/C12H21F2N.ClH/c13-12(14,10-4-2-1-3-5-10)11-6-8-15-9-7-11;/h10-11,15H,1-9H2;1H. The Morgan fingerprint density at radius 1 is 0.812 bits per heavy atom. The van der Waals surface area contributed by atoms with Crippen molar-refractivity contribution < 1.29 is 8.78 Å². The van der Waals surface area contributed by atoms with Gasteiger partial charge in [0.25, 0.3) is 5.92 Å². The topological polar surface area (TPSA) is 12.0 Å². The Bertz CT molecular complexity index is 179. The lowest BCUT2D eigenvalue weighted by Crippen LogP contribution is -2.43. The zero-order valence-corrected chi connectivity index (χ0v) is 10.5. The number of hydrogen-bond donors (Lipinski definition) is 1. The average molecular weight is 254 g/mol. The van der Waals surface area contributed by atoms with Crippen molar-refractivity contribution in [3.63, 3.8) is 0 Å². The summed E-state index contributed by atoms with van der Waals surface area (Å²) < 4.78 is 28.3. The second-order valence-electron chi connectivity index (χ2n) is 5.03. The van der Waals surface area contributed by atoms with Crippen molar-refractivity contribution in [2.24, 2.45) is 11.8 Å². The van der Waals surface area contributed by atoms with Crippen LogP contribution in [0, 0.1) is 11.8 Å². The smallest absolute Gasteiger partial charge is 0.253 e. The van der Waals surface area contributed by atoms with E-state index in [-0.39, 0.29) is 24.2 Å². The summed E-state index contributed by atoms with van der Waals surface area (Å²) in [4.78, 5) is 0. The average Bonchev–Trinajstić information content (AvgIpc) is 2.31. The van der Waals surface area contributed by atoms with Crippen molar-refractivity contribution in [2.75, 3.05) is 13.1 Å². The summed E-state index contributed by atoms with van der Waals surface area (Å²) in [6, 6.07) is 0. The number of halogens is 3. The third kappa shape index (κ3) is 3.07. The molecule has 1 saturated heterocycles. The van der Waals surface area contributed by atoms with Crippen LogP contribution in [0.4, 0.5) is 8.78 Å². The van der Waals surface area contributed by atoms with Crippen LogP contribution in [-0.2, 0) is 0 Å². The maximum Gasteiger partial charge on any atom is 0.253 e. The van der Waals surface area contributed by atoms with Crippen LogP contribution >= 0.6 is 12.4 Å². The monoisotopic (exact) mass is 253 g/mol. The molecule has 0 aromatic carbocycles. The van der Waals surface area contributed by atoms with Gasteiger partial charge in [0.1, 0.15) is 0 Å². The van der Waals surface area contributed by atoms with Crippen molar-refractivity contribution >= 4 is 12.4 Å². The molecule has 0 amide bonds. The summed E-state index contributed by atoms with van der Waals surface area (Å²) in [6.07, 6.45) is 5.97. The zero-order valence-electron chi connectivity index (χ0n) is 9.68. The maximum atomic E-state index is 14.2. The van der Waals surface area contributed by atoms with Gasteiger partial charge in [-0.05, 0) is 38.8 Å². The van der Waals surface area contributed by atoms with E-state index in [1.54, 1.807) is 0 Å². The van der Waals surface area contributed by atoms with E-state index in [2.05, 4.69) is 5.32 Å². The number of hydrogen-bond acceptors (Lipinski definition) is 1. The summed E-state index contributed by atoms with van der Waals surface area (Å²) in [5.41, 5.74) is 0. The molecule has 2 rings (SSSR count). The van der Waals surface area contributed by atoms with Gasteiger partial charge in [-0.25, -0.2) is 8.78 Å². The highest BCUT2D eigenvalue weighted by atomic mass is 35.5. The Morgan fingerprint density at radius 2 is 1.31 bits per heavy atom. The third-order valence-electron chi connectivity index (χ3n) is 4.03. The molecule has 0 unspecified atom stereocenters. The quantitative estimate of drug-likeness (QED) is 0.793. The molecule has 1 heterocycles. The minimum atomic E-state index is -2.40. The van der Waals surface area contributed by atoms with E-state index in [0.717, 1.165) is 45.2 Å². The van der Waals surface area contributed by atoms with E-state index >= 15 is 0 Å². The molecule has 0 spiro atoms. The first-order valence-electron chi connectivity index (χ1n) is 6.30. The first kappa shape index (κ1) is 14.2. The van der Waals surface area contributed by atoms with Gasteiger partial charge >= 0.3 is 0 Å². The normalized spacial score (nSPS) is 25.1. The van der Waals surface area contributed by atoms with Gasteiger partial charge in [-0.3, -0.25) is 0 Å². The largest absolute Gasteiger partial charge is 0.317 e. The molecule has 1 saturated carbocycles. The fourth-order valence-electron chi connectivity index (χ4n) is 3.03. The van der Waals surface area contributed by atoms with Crippen LogP contribution in [0.2, 0.25) is 0 Å². The van der Waals surface area contributed by atoms with Gasteiger partial charge in [0, 0.05) is 11.8 Å². The van der Waals surface area contributed by atoms with E-state index < -0.39 is 5.92 Å². The predicted molar refractivity (Wildman–Crippen MR) is 64.4 cm³/mol. The van der Waals surface area contributed by atoms with E-state index in [9.17, 15) is 8.78 Å². The van der Waals surface area contributed by atoms with Crippen molar-refractivity contribution in [1.82, 2.24) is 5.32 Å². The lowest BCUT2D eigenvalue weighted by molar-refractivity contribution is -0.126. The van der Waals surface area contributed by atoms with E-state index in [4.69, 9.17) is 0 Å². The van der Waals surface area contributed by atoms with Crippen LogP contribution in [0.25, 0.3) is 0 Å². The molecule has 96 valence electrons. The fourth-order valence-corrected chi connectivity index (χ4v) is 3.03. The highest BCUT2D eigenvalue weighted by molar-refractivity contribution is 5.85. The number of nitrogens with one attached hydrogen (secondary N) is 1. The van der Waals surface area contributed by atoms with Crippen molar-refractivity contribution in [3.05, 3.63) is 0 Å². The Labute approximate surface area is 103 Å². The summed E-state index contributed by atoms with van der Waals surface area (Å²) in [5.74, 6) is -3.08. The second-order valence-corrected chi connectivity index (χ2v) is 5.03. The molecular formula is C12H22ClF2N. The zero-order chi connectivity index (χ0) is 10.7. The molecule has 1 N–H and O–H groups in total. The van der Waals surface area contributed by atoms with Gasteiger partial charge in [-0.15, -0.1) is 12.4 Å². The summed E-state index contributed by atoms with van der Waals surface area (Å²) >= 11 is 0. The van der Waals surface area contributed by atoms with Crippen LogP contribution in [0.15, 0.2) is 0 Å². The number of piperidine rings is 1. The summed E-state index contributed by atoms with van der Waals surface area (Å²) in [5, 5.41) is 3.16. The number of rotatable bonds is 2. The van der Waals surface area contributed by atoms with Gasteiger partial charge < -0.3 is 5.32 Å². The first-order valence-corrected chi connectivity index (χ1v) is 6.30. The molecule has 0 aromatic rings.